The summed E-state index contributed by atoms with van der Waals surface area (Å²) in [6.45, 7) is 10.0. The molecule has 2 aromatic heterocycles. The standard InChI is InChI=1S/C31H42N5O6P/c1-6-13-23(36-27(20-39-7-2)34-28-29(36)25-16-11-12-17-26(25)33-30(28)32)18-19-40-43(38,42-24-14-9-8-10-15-24)35-22(5)31(37)41-21(3)4/h8-12,14-17,21-23H,6-7,13,18-20H2,1-5H3,(H2,32,33)(H,35,38)/t22-,23-,43-/m0/s1. The van der Waals surface area contributed by atoms with Crippen molar-refractivity contribution >= 4 is 41.5 Å². The first kappa shape index (κ1) is 32.4. The number of carbonyl (C=O) groups is 1. The van der Waals surface area contributed by atoms with Gasteiger partial charge in [-0.05, 0) is 58.7 Å². The maximum Gasteiger partial charge on any atom is 0.459 e. The van der Waals surface area contributed by atoms with Gasteiger partial charge in [-0.25, -0.2) is 14.5 Å². The number of carbonyl (C=O) groups excluding carboxylic acids is 1. The number of hydrogen-bond acceptors (Lipinski definition) is 9. The van der Waals surface area contributed by atoms with E-state index in [0.717, 1.165) is 35.1 Å². The second-order valence-electron chi connectivity index (χ2n) is 10.5. The van der Waals surface area contributed by atoms with Crippen LogP contribution in [-0.2, 0) is 30.0 Å². The van der Waals surface area contributed by atoms with Gasteiger partial charge in [0.15, 0.2) is 5.82 Å². The number of rotatable bonds is 16. The zero-order valence-electron chi connectivity index (χ0n) is 25.5. The van der Waals surface area contributed by atoms with Gasteiger partial charge in [0, 0.05) is 18.0 Å². The topological polar surface area (TPSA) is 140 Å². The minimum atomic E-state index is -4.00. The summed E-state index contributed by atoms with van der Waals surface area (Å²) in [5, 5.41) is 3.69. The molecule has 0 aliphatic carbocycles. The number of para-hydroxylation sites is 2. The van der Waals surface area contributed by atoms with E-state index >= 15 is 0 Å². The molecule has 12 heteroatoms. The predicted octanol–water partition coefficient (Wildman–Crippen LogP) is 6.57. The monoisotopic (exact) mass is 611 g/mol. The summed E-state index contributed by atoms with van der Waals surface area (Å²) in [6.07, 6.45) is 1.83. The molecule has 0 bridgehead atoms. The second kappa shape index (κ2) is 14.8. The van der Waals surface area contributed by atoms with E-state index in [4.69, 9.17) is 29.2 Å². The third-order valence-corrected chi connectivity index (χ3v) is 8.46. The van der Waals surface area contributed by atoms with Crippen molar-refractivity contribution in [3.8, 4) is 5.75 Å². The number of nitrogens with one attached hydrogen (secondary N) is 1. The highest BCUT2D eigenvalue weighted by atomic mass is 31.2. The lowest BCUT2D eigenvalue weighted by Crippen LogP contribution is -2.36. The van der Waals surface area contributed by atoms with E-state index in [1.165, 1.54) is 0 Å². The molecular formula is C31H42N5O6P. The van der Waals surface area contributed by atoms with Crippen molar-refractivity contribution in [1.82, 2.24) is 19.6 Å². The van der Waals surface area contributed by atoms with E-state index in [1.807, 2.05) is 37.3 Å². The van der Waals surface area contributed by atoms with E-state index < -0.39 is 19.8 Å². The number of nitrogens with two attached hydrogens (primary N) is 1. The maximum absolute atomic E-state index is 14.0. The van der Waals surface area contributed by atoms with Gasteiger partial charge in [-0.15, -0.1) is 0 Å². The van der Waals surface area contributed by atoms with Gasteiger partial charge in [-0.2, -0.15) is 5.09 Å². The molecule has 2 aromatic carbocycles. The fourth-order valence-electron chi connectivity index (χ4n) is 4.94. The van der Waals surface area contributed by atoms with Crippen molar-refractivity contribution in [2.45, 2.75) is 78.7 Å². The summed E-state index contributed by atoms with van der Waals surface area (Å²) >= 11 is 0. The first-order valence-corrected chi connectivity index (χ1v) is 16.3. The quantitative estimate of drug-likeness (QED) is 0.106. The summed E-state index contributed by atoms with van der Waals surface area (Å²) in [5.74, 6) is 0.876. The number of aromatic nitrogens is 3. The van der Waals surface area contributed by atoms with E-state index in [0.29, 0.717) is 36.7 Å². The van der Waals surface area contributed by atoms with Crippen LogP contribution in [0.5, 0.6) is 5.75 Å². The Balaban J connectivity index is 1.65. The van der Waals surface area contributed by atoms with E-state index in [-0.39, 0.29) is 18.8 Å². The molecule has 3 atom stereocenters. The highest BCUT2D eigenvalue weighted by Gasteiger charge is 2.33. The summed E-state index contributed by atoms with van der Waals surface area (Å²) in [5.41, 5.74) is 8.66. The molecule has 2 heterocycles. The third kappa shape index (κ3) is 8.12. The van der Waals surface area contributed by atoms with Gasteiger partial charge in [0.05, 0.1) is 23.7 Å². The highest BCUT2D eigenvalue weighted by molar-refractivity contribution is 7.52. The molecule has 3 N–H and O–H groups in total. The first-order chi connectivity index (χ1) is 20.7. The number of imidazole rings is 1. The Morgan fingerprint density at radius 1 is 1.02 bits per heavy atom. The van der Waals surface area contributed by atoms with Gasteiger partial charge >= 0.3 is 13.7 Å². The van der Waals surface area contributed by atoms with E-state index in [1.54, 1.807) is 45.0 Å². The van der Waals surface area contributed by atoms with Crippen molar-refractivity contribution in [1.29, 1.82) is 0 Å². The Morgan fingerprint density at radius 2 is 1.74 bits per heavy atom. The molecule has 0 spiro atoms. The van der Waals surface area contributed by atoms with Gasteiger partial charge in [-0.1, -0.05) is 49.7 Å². The Morgan fingerprint density at radius 3 is 2.44 bits per heavy atom. The summed E-state index contributed by atoms with van der Waals surface area (Å²) in [6, 6.07) is 15.5. The van der Waals surface area contributed by atoms with Crippen LogP contribution >= 0.6 is 7.75 Å². The summed E-state index contributed by atoms with van der Waals surface area (Å²) < 4.78 is 39.1. The molecule has 11 nitrogen and oxygen atoms in total. The molecule has 0 amide bonds. The van der Waals surface area contributed by atoms with E-state index in [9.17, 15) is 9.36 Å². The lowest BCUT2D eigenvalue weighted by molar-refractivity contribution is -0.149. The molecule has 4 aromatic rings. The Bertz CT molecular complexity index is 1560. The summed E-state index contributed by atoms with van der Waals surface area (Å²) in [7, 11) is -4.00. The highest BCUT2D eigenvalue weighted by Crippen LogP contribution is 2.45. The van der Waals surface area contributed by atoms with Crippen LogP contribution in [-0.4, -0.2) is 45.9 Å². The van der Waals surface area contributed by atoms with Crippen LogP contribution in [0.4, 0.5) is 5.82 Å². The van der Waals surface area contributed by atoms with Gasteiger partial charge in [0.2, 0.25) is 0 Å². The van der Waals surface area contributed by atoms with Gasteiger partial charge in [0.25, 0.3) is 0 Å². The smallest absolute Gasteiger partial charge is 0.459 e. The third-order valence-electron chi connectivity index (χ3n) is 6.79. The molecule has 0 aliphatic rings. The number of pyridine rings is 1. The minimum absolute atomic E-state index is 0.0694. The number of nitrogens with zero attached hydrogens (tertiary/aromatic N) is 3. The fourth-order valence-corrected chi connectivity index (χ4v) is 6.44. The molecule has 0 radical (unpaired) electrons. The predicted molar refractivity (Wildman–Crippen MR) is 168 cm³/mol. The van der Waals surface area contributed by atoms with E-state index in [2.05, 4.69) is 21.6 Å². The lowest BCUT2D eigenvalue weighted by atomic mass is 10.1. The van der Waals surface area contributed by atoms with Gasteiger partial charge < -0.3 is 24.3 Å². The number of ether oxygens (including phenoxy) is 2. The Hall–Kier alpha value is -3.50. The van der Waals surface area contributed by atoms with Crippen LogP contribution in [0.3, 0.4) is 0 Å². The van der Waals surface area contributed by atoms with Gasteiger partial charge in [0.1, 0.15) is 29.7 Å². The number of esters is 1. The van der Waals surface area contributed by atoms with Crippen molar-refractivity contribution in [3.05, 3.63) is 60.4 Å². The molecule has 4 rings (SSSR count). The number of nitrogen functional groups attached to an aromatic ring is 1. The Kier molecular flexibility index (Phi) is 11.2. The zero-order valence-corrected chi connectivity index (χ0v) is 26.4. The van der Waals surface area contributed by atoms with Crippen molar-refractivity contribution in [2.75, 3.05) is 18.9 Å². The Labute approximate surface area is 252 Å². The van der Waals surface area contributed by atoms with Gasteiger partial charge in [-0.3, -0.25) is 9.32 Å². The SMILES string of the molecule is CCC[C@@H](CCO[P@@](=O)(N[C@@H](C)C(=O)OC(C)C)Oc1ccccc1)n1c(COCC)nc2c(N)nc3ccccc3c21. The average Bonchev–Trinajstić information content (AvgIpc) is 3.36. The molecule has 43 heavy (non-hydrogen) atoms. The molecule has 0 saturated heterocycles. The number of fused-ring (bicyclic) bond motifs is 3. The lowest BCUT2D eigenvalue weighted by Gasteiger charge is -2.25. The second-order valence-corrected chi connectivity index (χ2v) is 12.2. The van der Waals surface area contributed by atoms with Crippen LogP contribution < -0.4 is 15.3 Å². The molecule has 232 valence electrons. The molecule has 0 unspecified atom stereocenters. The van der Waals surface area contributed by atoms with Crippen molar-refractivity contribution < 1.29 is 27.9 Å². The first-order valence-electron chi connectivity index (χ1n) is 14.8. The number of benzene rings is 2. The van der Waals surface area contributed by atoms with Crippen LogP contribution in [0.1, 0.15) is 65.7 Å². The normalized spacial score (nSPS) is 14.6. The van der Waals surface area contributed by atoms with Crippen LogP contribution in [0.2, 0.25) is 0 Å². The molecule has 0 aliphatic heterocycles. The molecule has 0 saturated carbocycles. The molecular weight excluding hydrogens is 569 g/mol. The zero-order chi connectivity index (χ0) is 31.0. The average molecular weight is 612 g/mol. The van der Waals surface area contributed by atoms with Crippen LogP contribution in [0.25, 0.3) is 21.9 Å². The van der Waals surface area contributed by atoms with Crippen molar-refractivity contribution in [3.63, 3.8) is 0 Å². The number of hydrogen-bond donors (Lipinski definition) is 2. The summed E-state index contributed by atoms with van der Waals surface area (Å²) in [4.78, 5) is 22.0. The van der Waals surface area contributed by atoms with Crippen LogP contribution in [0, 0.1) is 0 Å². The fraction of sp³-hybridized carbons (Fsp3) is 0.452. The minimum Gasteiger partial charge on any atom is -0.462 e. The maximum atomic E-state index is 14.0. The van der Waals surface area contributed by atoms with Crippen LogP contribution in [0.15, 0.2) is 54.6 Å². The molecule has 0 fully saturated rings. The largest absolute Gasteiger partial charge is 0.462 e. The van der Waals surface area contributed by atoms with Crippen molar-refractivity contribution in [2.24, 2.45) is 0 Å². The number of anilines is 1.